The van der Waals surface area contributed by atoms with Crippen LogP contribution < -0.4 is 0 Å². The maximum atomic E-state index is 9.85. The molecule has 0 spiro atoms. The van der Waals surface area contributed by atoms with Gasteiger partial charge in [-0.2, -0.15) is 0 Å². The molecule has 4 nitrogen and oxygen atoms in total. The van der Waals surface area contributed by atoms with Crippen molar-refractivity contribution in [3.05, 3.63) is 53.1 Å². The van der Waals surface area contributed by atoms with E-state index in [-0.39, 0.29) is 5.75 Å². The fourth-order valence-corrected chi connectivity index (χ4v) is 2.54. The highest BCUT2D eigenvalue weighted by Crippen LogP contribution is 2.24. The molecule has 1 N–H and O–H groups in total. The number of nitrogens with zero attached hydrogens (tertiary/aromatic N) is 3. The summed E-state index contributed by atoms with van der Waals surface area (Å²) < 4.78 is 2.08. The standard InChI is InChI=1S/C17H16ClN3O/c1-2-9-21-15-6-4-3-5-14(15)20-17(21)19-11-12-10-13(18)7-8-16(12)22/h3-8,10-11,22H,2,9H2,1H3. The molecule has 0 saturated heterocycles. The highest BCUT2D eigenvalue weighted by atomic mass is 35.5. The lowest BCUT2D eigenvalue weighted by molar-refractivity contribution is 0.474. The Balaban J connectivity index is 2.04. The van der Waals surface area contributed by atoms with E-state index in [0.29, 0.717) is 16.5 Å². The van der Waals surface area contributed by atoms with E-state index in [9.17, 15) is 5.11 Å². The van der Waals surface area contributed by atoms with Gasteiger partial charge < -0.3 is 9.67 Å². The van der Waals surface area contributed by atoms with Crippen LogP contribution in [0.4, 0.5) is 5.95 Å². The molecule has 2 aromatic carbocycles. The predicted octanol–water partition coefficient (Wildman–Crippen LogP) is 4.56. The van der Waals surface area contributed by atoms with E-state index in [0.717, 1.165) is 24.0 Å². The van der Waals surface area contributed by atoms with Gasteiger partial charge in [0.2, 0.25) is 5.95 Å². The summed E-state index contributed by atoms with van der Waals surface area (Å²) in [6, 6.07) is 12.8. The van der Waals surface area contributed by atoms with E-state index < -0.39 is 0 Å². The Morgan fingerprint density at radius 2 is 2.09 bits per heavy atom. The predicted molar refractivity (Wildman–Crippen MR) is 90.4 cm³/mol. The number of imidazole rings is 1. The number of phenols is 1. The Morgan fingerprint density at radius 3 is 2.91 bits per heavy atom. The summed E-state index contributed by atoms with van der Waals surface area (Å²) in [4.78, 5) is 8.99. The molecule has 0 saturated carbocycles. The average molecular weight is 314 g/mol. The normalized spacial score (nSPS) is 11.5. The van der Waals surface area contributed by atoms with Crippen molar-refractivity contribution in [2.45, 2.75) is 19.9 Å². The zero-order valence-corrected chi connectivity index (χ0v) is 13.0. The van der Waals surface area contributed by atoms with Gasteiger partial charge in [-0.1, -0.05) is 30.7 Å². The number of aromatic nitrogens is 2. The Morgan fingerprint density at radius 1 is 1.27 bits per heavy atom. The number of para-hydroxylation sites is 2. The van der Waals surface area contributed by atoms with Crippen LogP contribution in [-0.2, 0) is 6.54 Å². The van der Waals surface area contributed by atoms with Crippen molar-refractivity contribution >= 4 is 34.8 Å². The molecule has 0 bridgehead atoms. The monoisotopic (exact) mass is 313 g/mol. The molecule has 0 aliphatic heterocycles. The number of aliphatic imine (C=N–C) groups is 1. The van der Waals surface area contributed by atoms with E-state index in [2.05, 4.69) is 21.5 Å². The number of fused-ring (bicyclic) bond motifs is 1. The van der Waals surface area contributed by atoms with Gasteiger partial charge in [0, 0.05) is 23.3 Å². The first-order valence-corrected chi connectivity index (χ1v) is 7.54. The minimum Gasteiger partial charge on any atom is -0.507 e. The molecular formula is C17H16ClN3O. The minimum atomic E-state index is 0.145. The van der Waals surface area contributed by atoms with Crippen molar-refractivity contribution in [3.8, 4) is 5.75 Å². The number of rotatable bonds is 4. The largest absolute Gasteiger partial charge is 0.507 e. The maximum absolute atomic E-state index is 9.85. The van der Waals surface area contributed by atoms with E-state index in [4.69, 9.17) is 11.6 Å². The molecule has 3 aromatic rings. The van der Waals surface area contributed by atoms with Crippen molar-refractivity contribution in [1.29, 1.82) is 0 Å². The summed E-state index contributed by atoms with van der Waals surface area (Å²) in [7, 11) is 0. The van der Waals surface area contributed by atoms with Crippen LogP contribution in [0.1, 0.15) is 18.9 Å². The molecular weight excluding hydrogens is 298 g/mol. The molecule has 0 radical (unpaired) electrons. The van der Waals surface area contributed by atoms with Crippen LogP contribution in [0.15, 0.2) is 47.5 Å². The number of hydrogen-bond acceptors (Lipinski definition) is 3. The summed E-state index contributed by atoms with van der Waals surface area (Å²) in [6.07, 6.45) is 2.58. The quantitative estimate of drug-likeness (QED) is 0.718. The van der Waals surface area contributed by atoms with E-state index in [1.165, 1.54) is 0 Å². The lowest BCUT2D eigenvalue weighted by Crippen LogP contribution is -1.96. The number of hydrogen-bond donors (Lipinski definition) is 1. The number of phenolic OH excluding ortho intramolecular Hbond substituents is 1. The van der Waals surface area contributed by atoms with Gasteiger partial charge in [0.25, 0.3) is 0 Å². The molecule has 0 atom stereocenters. The first kappa shape index (κ1) is 14.6. The van der Waals surface area contributed by atoms with Gasteiger partial charge in [0.1, 0.15) is 5.75 Å². The SMILES string of the molecule is CCCn1c(N=Cc2cc(Cl)ccc2O)nc2ccccc21. The van der Waals surface area contributed by atoms with Crippen molar-refractivity contribution < 1.29 is 5.11 Å². The van der Waals surface area contributed by atoms with Crippen LogP contribution >= 0.6 is 11.6 Å². The molecule has 1 aromatic heterocycles. The van der Waals surface area contributed by atoms with Crippen LogP contribution in [0.5, 0.6) is 5.75 Å². The molecule has 3 rings (SSSR count). The zero-order valence-electron chi connectivity index (χ0n) is 12.2. The Labute approximate surface area is 133 Å². The number of benzene rings is 2. The Kier molecular flexibility index (Phi) is 4.11. The van der Waals surface area contributed by atoms with Gasteiger partial charge in [-0.25, -0.2) is 9.98 Å². The average Bonchev–Trinajstić information content (AvgIpc) is 2.87. The summed E-state index contributed by atoms with van der Waals surface area (Å²) in [6.45, 7) is 2.96. The summed E-state index contributed by atoms with van der Waals surface area (Å²) >= 11 is 5.95. The van der Waals surface area contributed by atoms with Crippen LogP contribution in [-0.4, -0.2) is 20.9 Å². The van der Waals surface area contributed by atoms with E-state index >= 15 is 0 Å². The van der Waals surface area contributed by atoms with Crippen LogP contribution in [0.3, 0.4) is 0 Å². The molecule has 112 valence electrons. The minimum absolute atomic E-state index is 0.145. The molecule has 0 aliphatic rings. The van der Waals surface area contributed by atoms with E-state index in [1.807, 2.05) is 24.3 Å². The van der Waals surface area contributed by atoms with Crippen LogP contribution in [0, 0.1) is 0 Å². The highest BCUT2D eigenvalue weighted by Gasteiger charge is 2.08. The van der Waals surface area contributed by atoms with Gasteiger partial charge in [-0.05, 0) is 36.8 Å². The summed E-state index contributed by atoms with van der Waals surface area (Å²) in [5.74, 6) is 0.772. The van der Waals surface area contributed by atoms with Crippen molar-refractivity contribution in [3.63, 3.8) is 0 Å². The first-order valence-electron chi connectivity index (χ1n) is 7.17. The van der Waals surface area contributed by atoms with Crippen molar-refractivity contribution in [2.75, 3.05) is 0 Å². The number of aryl methyl sites for hydroxylation is 1. The second-order valence-electron chi connectivity index (χ2n) is 5.01. The van der Waals surface area contributed by atoms with Crippen molar-refractivity contribution in [1.82, 2.24) is 9.55 Å². The molecule has 5 heteroatoms. The second kappa shape index (κ2) is 6.20. The third-order valence-corrected chi connectivity index (χ3v) is 3.63. The van der Waals surface area contributed by atoms with Crippen LogP contribution in [0.2, 0.25) is 5.02 Å². The first-order chi connectivity index (χ1) is 10.7. The van der Waals surface area contributed by atoms with Crippen molar-refractivity contribution in [2.24, 2.45) is 4.99 Å². The lowest BCUT2D eigenvalue weighted by Gasteiger charge is -2.04. The van der Waals surface area contributed by atoms with Gasteiger partial charge in [-0.3, -0.25) is 0 Å². The molecule has 22 heavy (non-hydrogen) atoms. The van der Waals surface area contributed by atoms with Gasteiger partial charge in [0.05, 0.1) is 11.0 Å². The third kappa shape index (κ3) is 2.83. The fourth-order valence-electron chi connectivity index (χ4n) is 2.36. The van der Waals surface area contributed by atoms with Gasteiger partial charge in [-0.15, -0.1) is 0 Å². The summed E-state index contributed by atoms with van der Waals surface area (Å²) in [5, 5.41) is 10.4. The fraction of sp³-hybridized carbons (Fsp3) is 0.176. The molecule has 0 fully saturated rings. The van der Waals surface area contributed by atoms with E-state index in [1.54, 1.807) is 24.4 Å². The topological polar surface area (TPSA) is 50.4 Å². The zero-order chi connectivity index (χ0) is 15.5. The lowest BCUT2D eigenvalue weighted by atomic mass is 10.2. The van der Waals surface area contributed by atoms with Crippen LogP contribution in [0.25, 0.3) is 11.0 Å². The van der Waals surface area contributed by atoms with Gasteiger partial charge >= 0.3 is 0 Å². The highest BCUT2D eigenvalue weighted by molar-refractivity contribution is 6.30. The molecule has 0 unspecified atom stereocenters. The molecule has 1 heterocycles. The smallest absolute Gasteiger partial charge is 0.230 e. The van der Waals surface area contributed by atoms with Gasteiger partial charge in [0.15, 0.2) is 0 Å². The second-order valence-corrected chi connectivity index (χ2v) is 5.45. The third-order valence-electron chi connectivity index (χ3n) is 3.39. The Bertz CT molecular complexity index is 839. The number of halogens is 1. The number of aromatic hydroxyl groups is 1. The molecule has 0 amide bonds. The maximum Gasteiger partial charge on any atom is 0.230 e. The molecule has 0 aliphatic carbocycles. The Hall–Kier alpha value is -2.33. The summed E-state index contributed by atoms with van der Waals surface area (Å²) in [5.41, 5.74) is 2.55.